The van der Waals surface area contributed by atoms with Crippen molar-refractivity contribution in [3.8, 4) is 5.75 Å². The fourth-order valence-electron chi connectivity index (χ4n) is 3.56. The Balaban J connectivity index is 1.52. The van der Waals surface area contributed by atoms with Gasteiger partial charge < -0.3 is 15.0 Å². The van der Waals surface area contributed by atoms with Gasteiger partial charge in [0.2, 0.25) is 5.91 Å². The smallest absolute Gasteiger partial charge is 0.260 e. The van der Waals surface area contributed by atoms with Crippen molar-refractivity contribution in [1.82, 2.24) is 10.2 Å². The lowest BCUT2D eigenvalue weighted by atomic mass is 9.89. The molecule has 0 radical (unpaired) electrons. The molecule has 0 spiro atoms. The van der Waals surface area contributed by atoms with E-state index in [1.54, 1.807) is 29.2 Å². The predicted molar refractivity (Wildman–Crippen MR) is 87.3 cm³/mol. The van der Waals surface area contributed by atoms with Gasteiger partial charge in [0.15, 0.2) is 6.61 Å². The predicted octanol–water partition coefficient (Wildman–Crippen LogP) is 2.09. The van der Waals surface area contributed by atoms with Crippen molar-refractivity contribution in [2.24, 2.45) is 11.8 Å². The van der Waals surface area contributed by atoms with Gasteiger partial charge in [0.25, 0.3) is 5.91 Å². The number of nitrogens with zero attached hydrogens (tertiary/aromatic N) is 1. The van der Waals surface area contributed by atoms with E-state index < -0.39 is 0 Å². The van der Waals surface area contributed by atoms with E-state index in [2.05, 4.69) is 5.32 Å². The first-order valence-corrected chi connectivity index (χ1v) is 8.31. The molecule has 1 aliphatic carbocycles. The van der Waals surface area contributed by atoms with Gasteiger partial charge in [-0.1, -0.05) is 17.7 Å². The molecule has 2 aliphatic rings. The number of likely N-dealkylation sites (N-methyl/N-ethyl adjacent to an activating group) is 1. The Morgan fingerprint density at radius 1 is 1.39 bits per heavy atom. The fraction of sp³-hybridized carbons (Fsp3) is 0.529. The summed E-state index contributed by atoms with van der Waals surface area (Å²) in [5.74, 6) is 1.56. The minimum Gasteiger partial charge on any atom is -0.484 e. The summed E-state index contributed by atoms with van der Waals surface area (Å²) in [4.78, 5) is 25.6. The second-order valence-corrected chi connectivity index (χ2v) is 6.84. The van der Waals surface area contributed by atoms with Gasteiger partial charge in [-0.25, -0.2) is 0 Å². The molecule has 6 heteroatoms. The van der Waals surface area contributed by atoms with Crippen molar-refractivity contribution >= 4 is 23.4 Å². The number of amides is 2. The number of nitrogens with one attached hydrogen (secondary N) is 1. The SMILES string of the molecule is CN(C(=O)COc1cccc(Cl)c1)[C@H]1C[C@H]2CNC(=O)C[C@H]2C1. The van der Waals surface area contributed by atoms with Crippen LogP contribution in [-0.2, 0) is 9.59 Å². The molecule has 0 bridgehead atoms. The molecule has 1 N–H and O–H groups in total. The summed E-state index contributed by atoms with van der Waals surface area (Å²) in [6, 6.07) is 7.21. The molecule has 1 saturated carbocycles. The molecule has 23 heavy (non-hydrogen) atoms. The van der Waals surface area contributed by atoms with Gasteiger partial charge in [-0.05, 0) is 42.9 Å². The van der Waals surface area contributed by atoms with Crippen LogP contribution in [-0.4, -0.2) is 43.0 Å². The molecule has 1 aromatic carbocycles. The van der Waals surface area contributed by atoms with Crippen LogP contribution in [0.2, 0.25) is 5.02 Å². The van der Waals surface area contributed by atoms with Gasteiger partial charge in [-0.15, -0.1) is 0 Å². The molecular formula is C17H21ClN2O3. The highest BCUT2D eigenvalue weighted by Gasteiger charge is 2.40. The molecule has 0 aromatic heterocycles. The van der Waals surface area contributed by atoms with Gasteiger partial charge in [0.1, 0.15) is 5.75 Å². The fourth-order valence-corrected chi connectivity index (χ4v) is 3.74. The van der Waals surface area contributed by atoms with Gasteiger partial charge in [0, 0.05) is 31.1 Å². The van der Waals surface area contributed by atoms with E-state index in [1.165, 1.54) is 0 Å². The van der Waals surface area contributed by atoms with Crippen LogP contribution in [0.15, 0.2) is 24.3 Å². The monoisotopic (exact) mass is 336 g/mol. The molecular weight excluding hydrogens is 316 g/mol. The summed E-state index contributed by atoms with van der Waals surface area (Å²) >= 11 is 5.90. The summed E-state index contributed by atoms with van der Waals surface area (Å²) in [5, 5.41) is 3.50. The second-order valence-electron chi connectivity index (χ2n) is 6.40. The normalized spacial score (nSPS) is 26.3. The van der Waals surface area contributed by atoms with Crippen molar-refractivity contribution < 1.29 is 14.3 Å². The van der Waals surface area contributed by atoms with Crippen molar-refractivity contribution in [1.29, 1.82) is 0 Å². The summed E-state index contributed by atoms with van der Waals surface area (Å²) in [7, 11) is 1.82. The maximum absolute atomic E-state index is 12.3. The number of hydrogen-bond acceptors (Lipinski definition) is 3. The minimum absolute atomic E-state index is 0.000143. The third kappa shape index (κ3) is 3.78. The maximum atomic E-state index is 12.3. The number of carbonyl (C=O) groups is 2. The molecule has 1 aromatic rings. The number of hydrogen-bond donors (Lipinski definition) is 1. The summed E-state index contributed by atoms with van der Waals surface area (Å²) in [6.45, 7) is 0.737. The zero-order valence-electron chi connectivity index (χ0n) is 13.1. The van der Waals surface area contributed by atoms with Crippen LogP contribution in [0, 0.1) is 11.8 Å². The van der Waals surface area contributed by atoms with E-state index in [4.69, 9.17) is 16.3 Å². The van der Waals surface area contributed by atoms with E-state index in [-0.39, 0.29) is 24.5 Å². The Morgan fingerprint density at radius 3 is 2.96 bits per heavy atom. The Morgan fingerprint density at radius 2 is 2.17 bits per heavy atom. The molecule has 1 saturated heterocycles. The molecule has 3 rings (SSSR count). The third-order valence-corrected chi connectivity index (χ3v) is 5.16. The van der Waals surface area contributed by atoms with Crippen LogP contribution < -0.4 is 10.1 Å². The number of carbonyl (C=O) groups excluding carboxylic acids is 2. The highest BCUT2D eigenvalue weighted by atomic mass is 35.5. The van der Waals surface area contributed by atoms with E-state index in [1.807, 2.05) is 7.05 Å². The first-order valence-electron chi connectivity index (χ1n) is 7.93. The Labute approximate surface area is 140 Å². The number of fused-ring (bicyclic) bond motifs is 1. The van der Waals surface area contributed by atoms with Crippen molar-refractivity contribution in [3.63, 3.8) is 0 Å². The van der Waals surface area contributed by atoms with E-state index >= 15 is 0 Å². The highest BCUT2D eigenvalue weighted by molar-refractivity contribution is 6.30. The molecule has 2 fully saturated rings. The molecule has 1 aliphatic heterocycles. The quantitative estimate of drug-likeness (QED) is 0.916. The third-order valence-electron chi connectivity index (χ3n) is 4.92. The Kier molecular flexibility index (Phi) is 4.76. The Bertz CT molecular complexity index is 607. The van der Waals surface area contributed by atoms with Crippen molar-refractivity contribution in [2.45, 2.75) is 25.3 Å². The standard InChI is InChI=1S/C17H21ClN2O3/c1-20(14-5-11-7-16(21)19-9-12(11)6-14)17(22)10-23-15-4-2-3-13(18)8-15/h2-4,8,11-12,14H,5-7,9-10H2,1H3,(H,19,21)/t11-,12+,14-/m1/s1. The number of rotatable bonds is 4. The van der Waals surface area contributed by atoms with Crippen LogP contribution >= 0.6 is 11.6 Å². The summed E-state index contributed by atoms with van der Waals surface area (Å²) in [6.07, 6.45) is 2.43. The number of benzene rings is 1. The minimum atomic E-state index is -0.0482. The molecule has 124 valence electrons. The van der Waals surface area contributed by atoms with Crippen molar-refractivity contribution in [3.05, 3.63) is 29.3 Å². The lowest BCUT2D eigenvalue weighted by molar-refractivity contribution is -0.134. The average molecular weight is 337 g/mol. The number of ether oxygens (including phenoxy) is 1. The van der Waals surface area contributed by atoms with Gasteiger partial charge in [-0.2, -0.15) is 0 Å². The van der Waals surface area contributed by atoms with Crippen LogP contribution in [0.4, 0.5) is 0 Å². The topological polar surface area (TPSA) is 58.6 Å². The highest BCUT2D eigenvalue weighted by Crippen LogP contribution is 2.38. The van der Waals surface area contributed by atoms with Crippen LogP contribution in [0.5, 0.6) is 5.75 Å². The van der Waals surface area contributed by atoms with Gasteiger partial charge in [-0.3, -0.25) is 9.59 Å². The van der Waals surface area contributed by atoms with Crippen LogP contribution in [0.25, 0.3) is 0 Å². The summed E-state index contributed by atoms with van der Waals surface area (Å²) < 4.78 is 5.52. The summed E-state index contributed by atoms with van der Waals surface area (Å²) in [5.41, 5.74) is 0. The maximum Gasteiger partial charge on any atom is 0.260 e. The molecule has 5 nitrogen and oxygen atoms in total. The molecule has 1 heterocycles. The number of piperidine rings is 1. The largest absolute Gasteiger partial charge is 0.484 e. The second kappa shape index (κ2) is 6.79. The lowest BCUT2D eigenvalue weighted by Crippen LogP contribution is -2.39. The van der Waals surface area contributed by atoms with Crippen LogP contribution in [0.1, 0.15) is 19.3 Å². The lowest BCUT2D eigenvalue weighted by Gasteiger charge is -2.24. The van der Waals surface area contributed by atoms with Crippen LogP contribution in [0.3, 0.4) is 0 Å². The Hall–Kier alpha value is -1.75. The van der Waals surface area contributed by atoms with Gasteiger partial charge in [0.05, 0.1) is 0 Å². The van der Waals surface area contributed by atoms with Crippen molar-refractivity contribution in [2.75, 3.05) is 20.2 Å². The van der Waals surface area contributed by atoms with Gasteiger partial charge >= 0.3 is 0 Å². The first kappa shape index (κ1) is 16.1. The molecule has 3 atom stereocenters. The van der Waals surface area contributed by atoms with E-state index in [0.29, 0.717) is 29.0 Å². The van der Waals surface area contributed by atoms with E-state index in [0.717, 1.165) is 19.4 Å². The molecule has 0 unspecified atom stereocenters. The first-order chi connectivity index (χ1) is 11.0. The average Bonchev–Trinajstić information content (AvgIpc) is 2.95. The zero-order valence-corrected chi connectivity index (χ0v) is 13.9. The molecule has 2 amide bonds. The van der Waals surface area contributed by atoms with E-state index in [9.17, 15) is 9.59 Å². The number of halogens is 1. The zero-order chi connectivity index (χ0) is 16.4.